The summed E-state index contributed by atoms with van der Waals surface area (Å²) in [5, 5.41) is 5.38. The molecule has 0 amide bonds. The molecule has 0 aliphatic heterocycles. The van der Waals surface area contributed by atoms with Crippen molar-refractivity contribution < 1.29 is 0 Å². The fraction of sp³-hybridized carbons (Fsp3) is 0.600. The van der Waals surface area contributed by atoms with Crippen LogP contribution in [0.4, 0.5) is 5.13 Å². The monoisotopic (exact) mass is 226 g/mol. The molecule has 0 saturated heterocycles. The van der Waals surface area contributed by atoms with Gasteiger partial charge in [-0.3, -0.25) is 4.99 Å². The number of anilines is 1. The van der Waals surface area contributed by atoms with Crippen LogP contribution in [0.2, 0.25) is 0 Å². The van der Waals surface area contributed by atoms with Gasteiger partial charge in [-0.25, -0.2) is 4.68 Å². The number of aromatic nitrogens is 2. The summed E-state index contributed by atoms with van der Waals surface area (Å²) in [6, 6.07) is 0.360. The van der Waals surface area contributed by atoms with Gasteiger partial charge in [0.2, 0.25) is 9.93 Å². The molecule has 1 aromatic rings. The van der Waals surface area contributed by atoms with Crippen LogP contribution in [-0.2, 0) is 7.05 Å². The molecule has 4 nitrogen and oxygen atoms in total. The predicted molar refractivity (Wildman–Crippen MR) is 65.0 cm³/mol. The molecule has 1 heterocycles. The molecule has 5 heteroatoms. The van der Waals surface area contributed by atoms with E-state index in [9.17, 15) is 0 Å². The molecule has 15 heavy (non-hydrogen) atoms. The highest BCUT2D eigenvalue weighted by Crippen LogP contribution is 2.20. The van der Waals surface area contributed by atoms with Crippen LogP contribution < -0.4 is 9.70 Å². The normalized spacial score (nSPS) is 12.3. The van der Waals surface area contributed by atoms with Crippen LogP contribution in [0.15, 0.2) is 17.3 Å². The van der Waals surface area contributed by atoms with Crippen LogP contribution in [0, 0.1) is 0 Å². The molecule has 0 atom stereocenters. The Morgan fingerprint density at radius 2 is 2.20 bits per heavy atom. The Morgan fingerprint density at radius 1 is 1.60 bits per heavy atom. The zero-order valence-corrected chi connectivity index (χ0v) is 10.8. The van der Waals surface area contributed by atoms with E-state index in [4.69, 9.17) is 0 Å². The van der Waals surface area contributed by atoms with E-state index < -0.39 is 0 Å². The van der Waals surface area contributed by atoms with E-state index in [1.54, 1.807) is 23.1 Å². The first kappa shape index (κ1) is 12.0. The zero-order valence-electron chi connectivity index (χ0n) is 9.98. The van der Waals surface area contributed by atoms with Gasteiger partial charge in [-0.05, 0) is 20.8 Å². The van der Waals surface area contributed by atoms with Crippen molar-refractivity contribution in [2.45, 2.75) is 26.8 Å². The average molecular weight is 226 g/mol. The summed E-state index contributed by atoms with van der Waals surface area (Å²) in [7, 11) is 3.68. The maximum Gasteiger partial charge on any atom is 0.212 e. The van der Waals surface area contributed by atoms with Crippen molar-refractivity contribution in [2.75, 3.05) is 11.9 Å². The summed E-state index contributed by atoms with van der Waals surface area (Å²) in [6.07, 6.45) is 0. The molecular formula is C10H18N4S. The fourth-order valence-electron chi connectivity index (χ4n) is 1.45. The van der Waals surface area contributed by atoms with Gasteiger partial charge in [0, 0.05) is 25.8 Å². The van der Waals surface area contributed by atoms with E-state index >= 15 is 0 Å². The van der Waals surface area contributed by atoms with Crippen molar-refractivity contribution in [3.8, 4) is 0 Å². The van der Waals surface area contributed by atoms with Gasteiger partial charge in [-0.2, -0.15) is 0 Å². The first-order valence-corrected chi connectivity index (χ1v) is 5.70. The molecule has 0 saturated carbocycles. The molecule has 0 N–H and O–H groups in total. The number of hydrogen-bond acceptors (Lipinski definition) is 4. The second-order valence-corrected chi connectivity index (χ2v) is 4.65. The molecule has 1 aromatic heterocycles. The molecule has 0 radical (unpaired) electrons. The minimum atomic E-state index is 0.360. The maximum absolute atomic E-state index is 4.43. The summed E-state index contributed by atoms with van der Waals surface area (Å²) in [5.74, 6) is 0. The van der Waals surface area contributed by atoms with E-state index in [1.807, 2.05) is 14.0 Å². The molecule has 0 fully saturated rings. The summed E-state index contributed by atoms with van der Waals surface area (Å²) in [5.41, 5.74) is 1.00. The van der Waals surface area contributed by atoms with Crippen LogP contribution >= 0.6 is 11.3 Å². The van der Waals surface area contributed by atoms with Crippen LogP contribution in [-0.4, -0.2) is 22.9 Å². The lowest BCUT2D eigenvalue weighted by Gasteiger charge is -2.25. The van der Waals surface area contributed by atoms with E-state index in [0.717, 1.165) is 15.6 Å². The van der Waals surface area contributed by atoms with Gasteiger partial charge in [0.05, 0.1) is 0 Å². The Hall–Kier alpha value is -1.10. The van der Waals surface area contributed by atoms with E-state index in [-0.39, 0.29) is 0 Å². The third kappa shape index (κ3) is 2.47. The SMILES string of the molecule is C=C(C)N(c1nn(C)c(=NC)s1)C(C)C. The third-order valence-electron chi connectivity index (χ3n) is 2.02. The van der Waals surface area contributed by atoms with Crippen molar-refractivity contribution >= 4 is 16.5 Å². The molecule has 0 aliphatic rings. The molecule has 0 aromatic carbocycles. The van der Waals surface area contributed by atoms with Crippen molar-refractivity contribution in [1.29, 1.82) is 0 Å². The molecule has 0 bridgehead atoms. The first-order chi connectivity index (χ1) is 6.97. The summed E-state index contributed by atoms with van der Waals surface area (Å²) < 4.78 is 1.79. The standard InChI is InChI=1S/C10H18N4S/c1-7(2)14(8(3)4)10-12-13(6)9(11-5)15-10/h8H,1H2,2-6H3. The molecule has 0 unspecified atom stereocenters. The minimum absolute atomic E-state index is 0.360. The smallest absolute Gasteiger partial charge is 0.212 e. The first-order valence-electron chi connectivity index (χ1n) is 4.89. The Labute approximate surface area is 94.6 Å². The molecule has 1 rings (SSSR count). The van der Waals surface area contributed by atoms with Crippen LogP contribution in [0.5, 0.6) is 0 Å². The Bertz CT molecular complexity index is 413. The average Bonchev–Trinajstić information content (AvgIpc) is 2.45. The number of aryl methyl sites for hydroxylation is 1. The Morgan fingerprint density at radius 3 is 2.53 bits per heavy atom. The highest BCUT2D eigenvalue weighted by molar-refractivity contribution is 7.13. The van der Waals surface area contributed by atoms with Gasteiger partial charge in [-0.15, -0.1) is 5.10 Å². The number of allylic oxidation sites excluding steroid dienone is 1. The fourth-order valence-corrected chi connectivity index (χ4v) is 2.51. The van der Waals surface area contributed by atoms with Gasteiger partial charge < -0.3 is 4.90 Å². The third-order valence-corrected chi connectivity index (χ3v) is 3.11. The zero-order chi connectivity index (χ0) is 11.6. The molecule has 0 spiro atoms. The Kier molecular flexibility index (Phi) is 3.68. The minimum Gasteiger partial charge on any atom is -0.319 e. The second-order valence-electron chi connectivity index (χ2n) is 3.71. The molecular weight excluding hydrogens is 208 g/mol. The largest absolute Gasteiger partial charge is 0.319 e. The van der Waals surface area contributed by atoms with Gasteiger partial charge in [0.25, 0.3) is 0 Å². The second kappa shape index (κ2) is 4.61. The van der Waals surface area contributed by atoms with Gasteiger partial charge >= 0.3 is 0 Å². The highest BCUT2D eigenvalue weighted by Gasteiger charge is 2.15. The van der Waals surface area contributed by atoms with E-state index in [2.05, 4.69) is 35.4 Å². The molecule has 0 aliphatic carbocycles. The topological polar surface area (TPSA) is 33.4 Å². The molecule has 84 valence electrons. The van der Waals surface area contributed by atoms with Crippen LogP contribution in [0.3, 0.4) is 0 Å². The van der Waals surface area contributed by atoms with Crippen LogP contribution in [0.25, 0.3) is 0 Å². The van der Waals surface area contributed by atoms with Crippen molar-refractivity contribution in [1.82, 2.24) is 9.78 Å². The van der Waals surface area contributed by atoms with E-state index in [1.165, 1.54) is 0 Å². The van der Waals surface area contributed by atoms with Crippen molar-refractivity contribution in [3.05, 3.63) is 17.1 Å². The number of rotatable bonds is 3. The van der Waals surface area contributed by atoms with Crippen molar-refractivity contribution in [3.63, 3.8) is 0 Å². The highest BCUT2D eigenvalue weighted by atomic mass is 32.1. The Balaban J connectivity index is 3.19. The van der Waals surface area contributed by atoms with Gasteiger partial charge in [-0.1, -0.05) is 17.9 Å². The van der Waals surface area contributed by atoms with Gasteiger partial charge in [0.15, 0.2) is 0 Å². The van der Waals surface area contributed by atoms with Crippen LogP contribution in [0.1, 0.15) is 20.8 Å². The maximum atomic E-state index is 4.43. The van der Waals surface area contributed by atoms with Gasteiger partial charge in [0.1, 0.15) is 0 Å². The van der Waals surface area contributed by atoms with Crippen molar-refractivity contribution in [2.24, 2.45) is 12.0 Å². The lowest BCUT2D eigenvalue weighted by Crippen LogP contribution is -2.28. The predicted octanol–water partition coefficient (Wildman–Crippen LogP) is 1.76. The lowest BCUT2D eigenvalue weighted by molar-refractivity contribution is 0.693. The number of nitrogens with zero attached hydrogens (tertiary/aromatic N) is 4. The quantitative estimate of drug-likeness (QED) is 0.787. The summed E-state index contributed by atoms with van der Waals surface area (Å²) >= 11 is 1.57. The number of hydrogen-bond donors (Lipinski definition) is 0. The summed E-state index contributed by atoms with van der Waals surface area (Å²) in [4.78, 5) is 7.18. The summed E-state index contributed by atoms with van der Waals surface area (Å²) in [6.45, 7) is 10.2. The van der Waals surface area contributed by atoms with E-state index in [0.29, 0.717) is 6.04 Å². The lowest BCUT2D eigenvalue weighted by atomic mass is 10.3.